The van der Waals surface area contributed by atoms with Crippen LogP contribution in [-0.4, -0.2) is 15.7 Å². The molecule has 0 aliphatic heterocycles. The minimum atomic E-state index is -4.48. The molecule has 0 fully saturated rings. The van der Waals surface area contributed by atoms with E-state index in [2.05, 4.69) is 10.4 Å². The van der Waals surface area contributed by atoms with E-state index in [1.54, 1.807) is 37.3 Å². The Morgan fingerprint density at radius 3 is 2.54 bits per heavy atom. The number of alkyl halides is 3. The van der Waals surface area contributed by atoms with Gasteiger partial charge in [0.1, 0.15) is 6.54 Å². The van der Waals surface area contributed by atoms with E-state index in [4.69, 9.17) is 5.26 Å². The Labute approximate surface area is 159 Å². The van der Waals surface area contributed by atoms with Gasteiger partial charge in [0, 0.05) is 16.9 Å². The average molecular weight is 384 g/mol. The maximum Gasteiger partial charge on any atom is 0.416 e. The highest BCUT2D eigenvalue weighted by molar-refractivity contribution is 5.90. The van der Waals surface area contributed by atoms with Gasteiger partial charge >= 0.3 is 6.18 Å². The molecular formula is C20H15F3N4O. The second kappa shape index (κ2) is 7.56. The molecule has 0 radical (unpaired) electrons. The molecule has 1 amide bonds. The van der Waals surface area contributed by atoms with Crippen LogP contribution in [0.2, 0.25) is 0 Å². The molecule has 3 rings (SSSR count). The average Bonchev–Trinajstić information content (AvgIpc) is 3.01. The first-order valence-electron chi connectivity index (χ1n) is 8.28. The minimum absolute atomic E-state index is 0.0666. The summed E-state index contributed by atoms with van der Waals surface area (Å²) in [5, 5.41) is 15.7. The first kappa shape index (κ1) is 19.2. The van der Waals surface area contributed by atoms with Crippen LogP contribution in [0.3, 0.4) is 0 Å². The third-order valence-electron chi connectivity index (χ3n) is 4.06. The Hall–Kier alpha value is -3.60. The topological polar surface area (TPSA) is 70.7 Å². The van der Waals surface area contributed by atoms with E-state index >= 15 is 0 Å². The van der Waals surface area contributed by atoms with Crippen molar-refractivity contribution in [3.63, 3.8) is 0 Å². The van der Waals surface area contributed by atoms with Gasteiger partial charge in [0.05, 0.1) is 22.9 Å². The van der Waals surface area contributed by atoms with Gasteiger partial charge in [0.2, 0.25) is 5.91 Å². The molecule has 0 aliphatic carbocycles. The van der Waals surface area contributed by atoms with Crippen molar-refractivity contribution in [3.8, 4) is 17.3 Å². The summed E-state index contributed by atoms with van der Waals surface area (Å²) >= 11 is 0. The van der Waals surface area contributed by atoms with Gasteiger partial charge in [-0.3, -0.25) is 9.48 Å². The Bertz CT molecular complexity index is 1050. The highest BCUT2D eigenvalue weighted by Gasteiger charge is 2.30. The van der Waals surface area contributed by atoms with Crippen LogP contribution in [0.4, 0.5) is 18.9 Å². The number of rotatable bonds is 4. The zero-order chi connectivity index (χ0) is 20.3. The number of amides is 1. The van der Waals surface area contributed by atoms with E-state index in [9.17, 15) is 18.0 Å². The minimum Gasteiger partial charge on any atom is -0.324 e. The number of hydrogen-bond donors (Lipinski definition) is 1. The summed E-state index contributed by atoms with van der Waals surface area (Å²) in [6, 6.07) is 15.1. The molecule has 8 heteroatoms. The number of benzene rings is 2. The maximum absolute atomic E-state index is 12.8. The zero-order valence-electron chi connectivity index (χ0n) is 14.8. The summed E-state index contributed by atoms with van der Waals surface area (Å²) in [4.78, 5) is 12.2. The van der Waals surface area contributed by atoms with Crippen molar-refractivity contribution in [3.05, 3.63) is 71.4 Å². The number of nitriles is 1. The van der Waals surface area contributed by atoms with Crippen molar-refractivity contribution in [2.75, 3.05) is 5.32 Å². The molecule has 28 heavy (non-hydrogen) atoms. The first-order chi connectivity index (χ1) is 13.3. The molecule has 0 bridgehead atoms. The molecule has 0 unspecified atom stereocenters. The Balaban J connectivity index is 1.73. The van der Waals surface area contributed by atoms with Gasteiger partial charge in [-0.05, 0) is 43.3 Å². The van der Waals surface area contributed by atoms with Crippen LogP contribution >= 0.6 is 0 Å². The Morgan fingerprint density at radius 1 is 1.18 bits per heavy atom. The molecule has 2 aromatic carbocycles. The lowest BCUT2D eigenvalue weighted by atomic mass is 10.1. The number of halogens is 3. The molecule has 0 saturated heterocycles. The SMILES string of the molecule is Cc1cc(-c2ccc(C#N)cc2)nn1CC(=O)Nc1cccc(C(F)(F)F)c1. The van der Waals surface area contributed by atoms with E-state index in [1.165, 1.54) is 16.8 Å². The summed E-state index contributed by atoms with van der Waals surface area (Å²) in [5.74, 6) is -0.489. The molecule has 1 aromatic heterocycles. The highest BCUT2D eigenvalue weighted by atomic mass is 19.4. The number of hydrogen-bond acceptors (Lipinski definition) is 3. The first-order valence-corrected chi connectivity index (χ1v) is 8.28. The highest BCUT2D eigenvalue weighted by Crippen LogP contribution is 2.30. The van der Waals surface area contributed by atoms with Gasteiger partial charge in [-0.15, -0.1) is 0 Å². The zero-order valence-corrected chi connectivity index (χ0v) is 14.8. The van der Waals surface area contributed by atoms with Gasteiger partial charge in [-0.2, -0.15) is 23.5 Å². The van der Waals surface area contributed by atoms with Gasteiger partial charge in [-0.25, -0.2) is 0 Å². The largest absolute Gasteiger partial charge is 0.416 e. The van der Waals surface area contributed by atoms with Crippen LogP contribution < -0.4 is 5.32 Å². The number of anilines is 1. The summed E-state index contributed by atoms with van der Waals surface area (Å²) in [7, 11) is 0. The lowest BCUT2D eigenvalue weighted by Crippen LogP contribution is -2.20. The number of carbonyl (C=O) groups is 1. The van der Waals surface area contributed by atoms with Crippen LogP contribution in [0.25, 0.3) is 11.3 Å². The molecule has 5 nitrogen and oxygen atoms in total. The van der Waals surface area contributed by atoms with Crippen molar-refractivity contribution < 1.29 is 18.0 Å². The standard InChI is InChI=1S/C20H15F3N4O/c1-13-9-18(15-7-5-14(11-24)6-8-15)26-27(13)12-19(28)25-17-4-2-3-16(10-17)20(21,22)23/h2-10H,12H2,1H3,(H,25,28). The molecule has 0 spiro atoms. The van der Waals surface area contributed by atoms with E-state index in [0.717, 1.165) is 23.4 Å². The van der Waals surface area contributed by atoms with Gasteiger partial charge in [-0.1, -0.05) is 18.2 Å². The molecule has 1 N–H and O–H groups in total. The van der Waals surface area contributed by atoms with Crippen molar-refractivity contribution in [1.29, 1.82) is 5.26 Å². The van der Waals surface area contributed by atoms with Crippen LogP contribution in [-0.2, 0) is 17.5 Å². The molecule has 3 aromatic rings. The number of nitrogens with one attached hydrogen (secondary N) is 1. The monoisotopic (exact) mass is 384 g/mol. The molecule has 142 valence electrons. The number of nitrogens with zero attached hydrogens (tertiary/aromatic N) is 3. The van der Waals surface area contributed by atoms with Gasteiger partial charge in [0.15, 0.2) is 0 Å². The number of aromatic nitrogens is 2. The fourth-order valence-electron chi connectivity index (χ4n) is 2.64. The molecule has 1 heterocycles. The smallest absolute Gasteiger partial charge is 0.324 e. The van der Waals surface area contributed by atoms with Crippen LogP contribution in [0.5, 0.6) is 0 Å². The van der Waals surface area contributed by atoms with Crippen LogP contribution in [0.15, 0.2) is 54.6 Å². The Kier molecular flexibility index (Phi) is 5.18. The van der Waals surface area contributed by atoms with Crippen molar-refractivity contribution in [2.24, 2.45) is 0 Å². The van der Waals surface area contributed by atoms with E-state index in [0.29, 0.717) is 11.3 Å². The number of aryl methyl sites for hydroxylation is 1. The molecule has 0 saturated carbocycles. The second-order valence-electron chi connectivity index (χ2n) is 6.14. The van der Waals surface area contributed by atoms with Crippen molar-refractivity contribution in [1.82, 2.24) is 9.78 Å². The fourth-order valence-corrected chi connectivity index (χ4v) is 2.64. The quantitative estimate of drug-likeness (QED) is 0.725. The maximum atomic E-state index is 12.8. The van der Waals surface area contributed by atoms with E-state index in [-0.39, 0.29) is 12.2 Å². The predicted octanol–water partition coefficient (Wildman–Crippen LogP) is 4.39. The normalized spacial score (nSPS) is 11.1. The lowest BCUT2D eigenvalue weighted by molar-refractivity contribution is -0.137. The predicted molar refractivity (Wildman–Crippen MR) is 97.2 cm³/mol. The lowest BCUT2D eigenvalue weighted by Gasteiger charge is -2.10. The number of carbonyl (C=O) groups excluding carboxylic acids is 1. The summed E-state index contributed by atoms with van der Waals surface area (Å²) < 4.78 is 39.8. The fraction of sp³-hybridized carbons (Fsp3) is 0.150. The molecular weight excluding hydrogens is 369 g/mol. The molecule has 0 aliphatic rings. The van der Waals surface area contributed by atoms with Crippen LogP contribution in [0, 0.1) is 18.3 Å². The van der Waals surface area contributed by atoms with Gasteiger partial charge < -0.3 is 5.32 Å². The van der Waals surface area contributed by atoms with Crippen LogP contribution in [0.1, 0.15) is 16.8 Å². The van der Waals surface area contributed by atoms with Crippen molar-refractivity contribution >= 4 is 11.6 Å². The van der Waals surface area contributed by atoms with Crippen molar-refractivity contribution in [2.45, 2.75) is 19.6 Å². The van der Waals surface area contributed by atoms with E-state index in [1.807, 2.05) is 6.07 Å². The summed E-state index contributed by atoms with van der Waals surface area (Å²) in [5.41, 5.74) is 1.91. The Morgan fingerprint density at radius 2 is 1.89 bits per heavy atom. The van der Waals surface area contributed by atoms with Gasteiger partial charge in [0.25, 0.3) is 0 Å². The third kappa shape index (κ3) is 4.38. The van der Waals surface area contributed by atoms with E-state index < -0.39 is 17.6 Å². The second-order valence-corrected chi connectivity index (χ2v) is 6.14. The summed E-state index contributed by atoms with van der Waals surface area (Å²) in [6.45, 7) is 1.63. The summed E-state index contributed by atoms with van der Waals surface area (Å²) in [6.07, 6.45) is -4.48. The molecule has 0 atom stereocenters. The third-order valence-corrected chi connectivity index (χ3v) is 4.06.